The predicted octanol–water partition coefficient (Wildman–Crippen LogP) is 1.29. The fourth-order valence-electron chi connectivity index (χ4n) is 1.48. The summed E-state index contributed by atoms with van der Waals surface area (Å²) in [6, 6.07) is 0.506. The van der Waals surface area contributed by atoms with Crippen LogP contribution in [0.15, 0.2) is 0 Å². The first-order valence-electron chi connectivity index (χ1n) is 5.74. The first-order valence-corrected chi connectivity index (χ1v) is 5.74. The average molecular weight is 198 g/mol. The highest BCUT2D eigenvalue weighted by molar-refractivity contribution is 5.77. The van der Waals surface area contributed by atoms with Crippen LogP contribution in [0.4, 0.5) is 0 Å². The summed E-state index contributed by atoms with van der Waals surface area (Å²) in [6.07, 6.45) is 4.85. The van der Waals surface area contributed by atoms with Crippen LogP contribution in [0.1, 0.15) is 39.5 Å². The molecular weight excluding hydrogens is 176 g/mol. The molecule has 0 radical (unpaired) electrons. The van der Waals surface area contributed by atoms with Crippen molar-refractivity contribution in [2.75, 3.05) is 13.1 Å². The molecular formula is C11H22N2O. The van der Waals surface area contributed by atoms with Crippen molar-refractivity contribution in [3.63, 3.8) is 0 Å². The quantitative estimate of drug-likeness (QED) is 0.605. The minimum Gasteiger partial charge on any atom is -0.355 e. The number of carbonyl (C=O) groups is 1. The minimum atomic E-state index is 0.131. The molecule has 0 aromatic carbocycles. The average Bonchev–Trinajstić information content (AvgIpc) is 2.98. The number of nitrogens with one attached hydrogen (secondary N) is 2. The van der Waals surface area contributed by atoms with Gasteiger partial charge >= 0.3 is 0 Å². The molecule has 0 spiro atoms. The molecule has 0 heterocycles. The first-order chi connectivity index (χ1) is 6.74. The number of hydrogen-bond acceptors (Lipinski definition) is 2. The molecule has 82 valence electrons. The van der Waals surface area contributed by atoms with Crippen LogP contribution in [0.3, 0.4) is 0 Å². The molecule has 14 heavy (non-hydrogen) atoms. The molecule has 1 aliphatic rings. The lowest BCUT2D eigenvalue weighted by Gasteiger charge is -2.12. The van der Waals surface area contributed by atoms with Crippen LogP contribution in [0.5, 0.6) is 0 Å². The maximum absolute atomic E-state index is 11.3. The topological polar surface area (TPSA) is 41.1 Å². The van der Waals surface area contributed by atoms with Gasteiger partial charge in [0.15, 0.2) is 0 Å². The number of hydrogen-bond donors (Lipinski definition) is 2. The second kappa shape index (κ2) is 6.02. The molecule has 1 aliphatic carbocycles. The van der Waals surface area contributed by atoms with Crippen molar-refractivity contribution in [1.29, 1.82) is 0 Å². The lowest BCUT2D eigenvalue weighted by Crippen LogP contribution is -2.39. The smallest absolute Gasteiger partial charge is 0.233 e. The van der Waals surface area contributed by atoms with E-state index in [9.17, 15) is 4.79 Å². The monoisotopic (exact) mass is 198 g/mol. The predicted molar refractivity (Wildman–Crippen MR) is 58.1 cm³/mol. The van der Waals surface area contributed by atoms with Crippen LogP contribution < -0.4 is 10.6 Å². The van der Waals surface area contributed by atoms with Crippen molar-refractivity contribution in [2.24, 2.45) is 5.92 Å². The molecule has 1 rings (SSSR count). The summed E-state index contributed by atoms with van der Waals surface area (Å²) in [5.74, 6) is 0.949. The summed E-state index contributed by atoms with van der Waals surface area (Å²) in [6.45, 7) is 5.58. The van der Waals surface area contributed by atoms with E-state index in [0.29, 0.717) is 12.6 Å². The largest absolute Gasteiger partial charge is 0.355 e. The SMILES string of the molecule is CCCCNC(=O)CNC(C)C1CC1. The van der Waals surface area contributed by atoms with Crippen LogP contribution in [-0.4, -0.2) is 25.0 Å². The Morgan fingerprint density at radius 1 is 1.50 bits per heavy atom. The standard InChI is InChI=1S/C11H22N2O/c1-3-4-7-12-11(14)8-13-9(2)10-5-6-10/h9-10,13H,3-8H2,1-2H3,(H,12,14). The van der Waals surface area contributed by atoms with Crippen LogP contribution in [0, 0.1) is 5.92 Å². The maximum Gasteiger partial charge on any atom is 0.233 e. The Labute approximate surface area is 86.6 Å². The molecule has 0 aromatic rings. The molecule has 0 saturated heterocycles. The number of unbranched alkanes of at least 4 members (excludes halogenated alkanes) is 1. The van der Waals surface area contributed by atoms with Gasteiger partial charge < -0.3 is 10.6 Å². The lowest BCUT2D eigenvalue weighted by molar-refractivity contribution is -0.120. The van der Waals surface area contributed by atoms with Gasteiger partial charge in [-0.15, -0.1) is 0 Å². The fraction of sp³-hybridized carbons (Fsp3) is 0.909. The summed E-state index contributed by atoms with van der Waals surface area (Å²) in [4.78, 5) is 11.3. The van der Waals surface area contributed by atoms with Gasteiger partial charge in [0.05, 0.1) is 6.54 Å². The minimum absolute atomic E-state index is 0.131. The zero-order chi connectivity index (χ0) is 10.4. The van der Waals surface area contributed by atoms with E-state index in [4.69, 9.17) is 0 Å². The maximum atomic E-state index is 11.3. The molecule has 0 aliphatic heterocycles. The van der Waals surface area contributed by atoms with Crippen molar-refractivity contribution in [2.45, 2.75) is 45.6 Å². The van der Waals surface area contributed by atoms with Crippen molar-refractivity contribution in [3.8, 4) is 0 Å². The Balaban J connectivity index is 1.96. The van der Waals surface area contributed by atoms with E-state index in [1.165, 1.54) is 12.8 Å². The molecule has 0 aromatic heterocycles. The third-order valence-corrected chi connectivity index (χ3v) is 2.77. The number of carbonyl (C=O) groups excluding carboxylic acids is 1. The molecule has 3 heteroatoms. The van der Waals surface area contributed by atoms with Crippen LogP contribution in [-0.2, 0) is 4.79 Å². The summed E-state index contributed by atoms with van der Waals surface area (Å²) >= 11 is 0. The van der Waals surface area contributed by atoms with E-state index in [2.05, 4.69) is 24.5 Å². The molecule has 1 unspecified atom stereocenters. The third-order valence-electron chi connectivity index (χ3n) is 2.77. The van der Waals surface area contributed by atoms with E-state index in [1.807, 2.05) is 0 Å². The van der Waals surface area contributed by atoms with E-state index < -0.39 is 0 Å². The highest BCUT2D eigenvalue weighted by Gasteiger charge is 2.27. The van der Waals surface area contributed by atoms with E-state index in [0.717, 1.165) is 25.3 Å². The van der Waals surface area contributed by atoms with Gasteiger partial charge in [0.2, 0.25) is 5.91 Å². The van der Waals surface area contributed by atoms with Gasteiger partial charge in [-0.1, -0.05) is 13.3 Å². The van der Waals surface area contributed by atoms with E-state index in [1.54, 1.807) is 0 Å². The van der Waals surface area contributed by atoms with Crippen molar-refractivity contribution < 1.29 is 4.79 Å². The number of rotatable bonds is 7. The molecule has 0 bridgehead atoms. The van der Waals surface area contributed by atoms with Crippen molar-refractivity contribution in [3.05, 3.63) is 0 Å². The van der Waals surface area contributed by atoms with Crippen LogP contribution >= 0.6 is 0 Å². The molecule has 1 atom stereocenters. The van der Waals surface area contributed by atoms with Gasteiger partial charge in [0.1, 0.15) is 0 Å². The normalized spacial score (nSPS) is 17.9. The molecule has 2 N–H and O–H groups in total. The Bertz CT molecular complexity index is 178. The molecule has 1 saturated carbocycles. The van der Waals surface area contributed by atoms with E-state index >= 15 is 0 Å². The molecule has 1 amide bonds. The van der Waals surface area contributed by atoms with Crippen molar-refractivity contribution >= 4 is 5.91 Å². The van der Waals surface area contributed by atoms with Crippen LogP contribution in [0.25, 0.3) is 0 Å². The van der Waals surface area contributed by atoms with E-state index in [-0.39, 0.29) is 5.91 Å². The Morgan fingerprint density at radius 3 is 2.79 bits per heavy atom. The Kier molecular flexibility index (Phi) is 4.94. The van der Waals surface area contributed by atoms with Gasteiger partial charge in [-0.2, -0.15) is 0 Å². The molecule has 3 nitrogen and oxygen atoms in total. The summed E-state index contributed by atoms with van der Waals surface area (Å²) in [5, 5.41) is 6.16. The van der Waals surface area contributed by atoms with Gasteiger partial charge in [0, 0.05) is 12.6 Å². The zero-order valence-electron chi connectivity index (χ0n) is 9.31. The highest BCUT2D eigenvalue weighted by atomic mass is 16.1. The second-order valence-electron chi connectivity index (χ2n) is 4.21. The van der Waals surface area contributed by atoms with Gasteiger partial charge in [-0.05, 0) is 32.1 Å². The van der Waals surface area contributed by atoms with Gasteiger partial charge in [-0.3, -0.25) is 4.79 Å². The molecule has 1 fully saturated rings. The summed E-state index contributed by atoms with van der Waals surface area (Å²) in [5.41, 5.74) is 0. The zero-order valence-corrected chi connectivity index (χ0v) is 9.31. The highest BCUT2D eigenvalue weighted by Crippen LogP contribution is 2.32. The lowest BCUT2D eigenvalue weighted by atomic mass is 10.2. The Morgan fingerprint density at radius 2 is 2.21 bits per heavy atom. The summed E-state index contributed by atoms with van der Waals surface area (Å²) < 4.78 is 0. The fourth-order valence-corrected chi connectivity index (χ4v) is 1.48. The second-order valence-corrected chi connectivity index (χ2v) is 4.21. The Hall–Kier alpha value is -0.570. The summed E-state index contributed by atoms with van der Waals surface area (Å²) in [7, 11) is 0. The van der Waals surface area contributed by atoms with Crippen molar-refractivity contribution in [1.82, 2.24) is 10.6 Å². The van der Waals surface area contributed by atoms with Gasteiger partial charge in [-0.25, -0.2) is 0 Å². The number of amides is 1. The van der Waals surface area contributed by atoms with Gasteiger partial charge in [0.25, 0.3) is 0 Å². The van der Waals surface area contributed by atoms with Crippen LogP contribution in [0.2, 0.25) is 0 Å². The first kappa shape index (κ1) is 11.5. The third kappa shape index (κ3) is 4.61.